The highest BCUT2D eigenvalue weighted by Gasteiger charge is 2.40. The summed E-state index contributed by atoms with van der Waals surface area (Å²) < 4.78 is 6.32. The van der Waals surface area contributed by atoms with Crippen LogP contribution in [-0.4, -0.2) is 43.0 Å². The molecule has 0 aromatic heterocycles. The molecule has 38 heavy (non-hydrogen) atoms. The van der Waals surface area contributed by atoms with Crippen molar-refractivity contribution in [3.63, 3.8) is 0 Å². The van der Waals surface area contributed by atoms with E-state index in [2.05, 4.69) is 49.8 Å². The third kappa shape index (κ3) is 6.02. The van der Waals surface area contributed by atoms with Gasteiger partial charge in [-0.05, 0) is 53.9 Å². The molecule has 2 aromatic carbocycles. The first-order chi connectivity index (χ1) is 17.7. The first-order valence-corrected chi connectivity index (χ1v) is 15.8. The highest BCUT2D eigenvalue weighted by Crippen LogP contribution is 2.38. The van der Waals surface area contributed by atoms with Crippen molar-refractivity contribution in [1.82, 2.24) is 15.5 Å². The zero-order valence-electron chi connectivity index (χ0n) is 22.2. The average molecular weight is 557 g/mol. The summed E-state index contributed by atoms with van der Waals surface area (Å²) in [6.45, 7) is 11.2. The van der Waals surface area contributed by atoms with E-state index in [1.807, 2.05) is 6.07 Å². The smallest absolute Gasteiger partial charge is 0.319 e. The number of fused-ring (bicyclic) bond motifs is 1. The largest absolute Gasteiger partial charge is 0.543 e. The monoisotopic (exact) mass is 556 g/mol. The van der Waals surface area contributed by atoms with Crippen molar-refractivity contribution < 1.29 is 23.6 Å². The standard InChI is InChI=1S/C27H33ClN4O5Si/c1-27(2,3)38(4,5)37-20-12-18(28)11-19(13-20)30-26(36)29-14-16-6-7-21-17(10-16)15-32(25(21)35)22-8-9-23(33)31-24(22)34/h6-7,10-13,22H,8-9,14-15H2,1-5H3,(H2,29,30,36)(H,31,33,34). The fourth-order valence-corrected chi connectivity index (χ4v) is 5.48. The Morgan fingerprint density at radius 3 is 2.58 bits per heavy atom. The van der Waals surface area contributed by atoms with Crippen LogP contribution in [0.5, 0.6) is 5.75 Å². The topological polar surface area (TPSA) is 117 Å². The third-order valence-corrected chi connectivity index (χ3v) is 11.9. The maximum atomic E-state index is 12.9. The average Bonchev–Trinajstić information content (AvgIpc) is 3.11. The number of amides is 5. The molecule has 11 heteroatoms. The van der Waals surface area contributed by atoms with Crippen LogP contribution in [0.1, 0.15) is 55.1 Å². The lowest BCUT2D eigenvalue weighted by Gasteiger charge is -2.36. The molecule has 2 heterocycles. The van der Waals surface area contributed by atoms with Gasteiger partial charge in [0.1, 0.15) is 11.8 Å². The number of rotatable bonds is 6. The summed E-state index contributed by atoms with van der Waals surface area (Å²) in [4.78, 5) is 50.7. The minimum absolute atomic E-state index is 0.0135. The second-order valence-corrected chi connectivity index (χ2v) is 16.4. The van der Waals surface area contributed by atoms with Crippen molar-refractivity contribution in [3.8, 4) is 5.75 Å². The van der Waals surface area contributed by atoms with Crippen LogP contribution in [0.2, 0.25) is 23.2 Å². The van der Waals surface area contributed by atoms with Crippen molar-refractivity contribution in [2.45, 2.75) is 70.9 Å². The molecular weight excluding hydrogens is 524 g/mol. The Bertz CT molecular complexity index is 1310. The molecule has 1 saturated heterocycles. The molecule has 3 N–H and O–H groups in total. The van der Waals surface area contributed by atoms with Gasteiger partial charge in [-0.1, -0.05) is 44.5 Å². The van der Waals surface area contributed by atoms with Gasteiger partial charge in [0.15, 0.2) is 0 Å². The molecule has 2 aromatic rings. The normalized spacial score (nSPS) is 17.7. The van der Waals surface area contributed by atoms with E-state index < -0.39 is 26.3 Å². The second-order valence-electron chi connectivity index (χ2n) is 11.2. The molecule has 1 unspecified atom stereocenters. The molecule has 4 rings (SSSR count). The maximum absolute atomic E-state index is 12.9. The Morgan fingerprint density at radius 1 is 1.16 bits per heavy atom. The van der Waals surface area contributed by atoms with Crippen LogP contribution < -0.4 is 20.4 Å². The highest BCUT2D eigenvalue weighted by atomic mass is 35.5. The van der Waals surface area contributed by atoms with Crippen LogP contribution in [0.4, 0.5) is 10.5 Å². The van der Waals surface area contributed by atoms with Crippen LogP contribution in [-0.2, 0) is 22.7 Å². The van der Waals surface area contributed by atoms with Crippen LogP contribution in [0, 0.1) is 0 Å². The molecular formula is C27H33ClN4O5Si. The van der Waals surface area contributed by atoms with Gasteiger partial charge in [-0.15, -0.1) is 0 Å². The summed E-state index contributed by atoms with van der Waals surface area (Å²) in [5.74, 6) is -0.384. The van der Waals surface area contributed by atoms with Crippen LogP contribution in [0.25, 0.3) is 0 Å². The number of nitrogens with zero attached hydrogens (tertiary/aromatic N) is 1. The molecule has 2 aliphatic rings. The van der Waals surface area contributed by atoms with Gasteiger partial charge in [0.05, 0.1) is 0 Å². The molecule has 2 aliphatic heterocycles. The molecule has 5 amide bonds. The summed E-state index contributed by atoms with van der Waals surface area (Å²) >= 11 is 6.29. The summed E-state index contributed by atoms with van der Waals surface area (Å²) in [5.41, 5.74) is 2.63. The van der Waals surface area contributed by atoms with Crippen molar-refractivity contribution >= 4 is 49.4 Å². The van der Waals surface area contributed by atoms with Crippen molar-refractivity contribution in [3.05, 3.63) is 58.1 Å². The van der Waals surface area contributed by atoms with E-state index >= 15 is 0 Å². The molecule has 0 aliphatic carbocycles. The summed E-state index contributed by atoms with van der Waals surface area (Å²) in [5, 5.41) is 8.40. The number of benzene rings is 2. The molecule has 1 fully saturated rings. The van der Waals surface area contributed by atoms with Gasteiger partial charge in [-0.25, -0.2) is 4.79 Å². The quantitative estimate of drug-likeness (QED) is 0.349. The fraction of sp³-hybridized carbons (Fsp3) is 0.407. The fourth-order valence-electron chi connectivity index (χ4n) is 4.24. The van der Waals surface area contributed by atoms with Crippen LogP contribution in [0.3, 0.4) is 0 Å². The van der Waals surface area contributed by atoms with Crippen molar-refractivity contribution in [2.75, 3.05) is 5.32 Å². The van der Waals surface area contributed by atoms with Gasteiger partial charge in [-0.2, -0.15) is 0 Å². The molecule has 0 spiro atoms. The van der Waals surface area contributed by atoms with E-state index in [0.717, 1.165) is 11.1 Å². The number of hydrogen-bond acceptors (Lipinski definition) is 5. The van der Waals surface area contributed by atoms with Gasteiger partial charge in [0.2, 0.25) is 20.1 Å². The lowest BCUT2D eigenvalue weighted by atomic mass is 10.0. The first-order valence-electron chi connectivity index (χ1n) is 12.5. The SMILES string of the molecule is CC(C)(C)[Si](C)(C)Oc1cc(Cl)cc(NC(=O)NCc2ccc3c(c2)CN(C2CCC(=O)NC2=O)C3=O)c1. The second kappa shape index (κ2) is 10.4. The van der Waals surface area contributed by atoms with E-state index in [0.29, 0.717) is 28.4 Å². The van der Waals surface area contributed by atoms with Gasteiger partial charge >= 0.3 is 6.03 Å². The van der Waals surface area contributed by atoms with Gasteiger partial charge in [-0.3, -0.25) is 19.7 Å². The van der Waals surface area contributed by atoms with E-state index in [1.165, 1.54) is 4.90 Å². The first kappa shape index (κ1) is 27.7. The predicted molar refractivity (Wildman–Crippen MR) is 148 cm³/mol. The Balaban J connectivity index is 1.37. The number of anilines is 1. The zero-order valence-corrected chi connectivity index (χ0v) is 24.0. The van der Waals surface area contributed by atoms with E-state index in [9.17, 15) is 19.2 Å². The Kier molecular flexibility index (Phi) is 7.58. The van der Waals surface area contributed by atoms with Crippen LogP contribution in [0.15, 0.2) is 36.4 Å². The zero-order chi connectivity index (χ0) is 27.8. The molecule has 202 valence electrons. The number of carbonyl (C=O) groups is 4. The van der Waals surface area contributed by atoms with Gasteiger partial charge < -0.3 is 20.0 Å². The predicted octanol–water partition coefficient (Wildman–Crippen LogP) is 4.81. The van der Waals surface area contributed by atoms with Gasteiger partial charge in [0, 0.05) is 41.9 Å². The molecule has 0 saturated carbocycles. The highest BCUT2D eigenvalue weighted by molar-refractivity contribution is 6.74. The number of hydrogen-bond donors (Lipinski definition) is 3. The number of imide groups is 1. The minimum atomic E-state index is -2.08. The Hall–Kier alpha value is -3.37. The third-order valence-electron chi connectivity index (χ3n) is 7.35. The van der Waals surface area contributed by atoms with Gasteiger partial charge in [0.25, 0.3) is 5.91 Å². The Morgan fingerprint density at radius 2 is 1.89 bits per heavy atom. The molecule has 0 bridgehead atoms. The number of carbonyl (C=O) groups excluding carboxylic acids is 4. The Labute approximate surface area is 228 Å². The lowest BCUT2D eigenvalue weighted by Crippen LogP contribution is -2.52. The number of halogens is 1. The van der Waals surface area contributed by atoms with Crippen molar-refractivity contribution in [2.24, 2.45) is 0 Å². The number of urea groups is 1. The summed E-state index contributed by atoms with van der Waals surface area (Å²) in [6.07, 6.45) is 0.516. The number of piperidine rings is 1. The minimum Gasteiger partial charge on any atom is -0.543 e. The van der Waals surface area contributed by atoms with Crippen LogP contribution >= 0.6 is 11.6 Å². The van der Waals surface area contributed by atoms with Crippen molar-refractivity contribution in [1.29, 1.82) is 0 Å². The number of nitrogens with one attached hydrogen (secondary N) is 3. The lowest BCUT2D eigenvalue weighted by molar-refractivity contribution is -0.136. The van der Waals surface area contributed by atoms with E-state index in [1.54, 1.807) is 30.3 Å². The molecule has 0 radical (unpaired) electrons. The summed E-state index contributed by atoms with van der Waals surface area (Å²) in [6, 6.07) is 9.42. The molecule has 9 nitrogen and oxygen atoms in total. The molecule has 1 atom stereocenters. The van der Waals surface area contributed by atoms with E-state index in [-0.39, 0.29) is 36.4 Å². The maximum Gasteiger partial charge on any atom is 0.319 e. The van der Waals surface area contributed by atoms with E-state index in [4.69, 9.17) is 16.0 Å². The summed E-state index contributed by atoms with van der Waals surface area (Å²) in [7, 11) is -2.08.